The lowest BCUT2D eigenvalue weighted by Crippen LogP contribution is -2.38. The number of ether oxygens (including phenoxy) is 1. The average Bonchev–Trinajstić information content (AvgIpc) is 2.91. The molecular weight excluding hydrogens is 286 g/mol. The fraction of sp³-hybridized carbons (Fsp3) is 0.538. The first-order valence-corrected chi connectivity index (χ1v) is 8.34. The van der Waals surface area contributed by atoms with Gasteiger partial charge in [0.2, 0.25) is 10.0 Å². The van der Waals surface area contributed by atoms with Crippen LogP contribution in [0.1, 0.15) is 17.5 Å². The van der Waals surface area contributed by atoms with E-state index in [1.165, 1.54) is 4.31 Å². The first-order chi connectivity index (χ1) is 9.03. The monoisotopic (exact) mass is 303 g/mol. The van der Waals surface area contributed by atoms with Gasteiger partial charge in [-0.2, -0.15) is 4.31 Å². The van der Waals surface area contributed by atoms with Crippen LogP contribution in [-0.4, -0.2) is 39.0 Å². The molecule has 6 heteroatoms. The molecular formula is C13H18ClNO3S. The van der Waals surface area contributed by atoms with Crippen LogP contribution in [0.5, 0.6) is 0 Å². The second kappa shape index (κ2) is 6.22. The van der Waals surface area contributed by atoms with E-state index in [2.05, 4.69) is 0 Å². The van der Waals surface area contributed by atoms with Gasteiger partial charge >= 0.3 is 0 Å². The van der Waals surface area contributed by atoms with Crippen molar-refractivity contribution in [1.82, 2.24) is 4.31 Å². The predicted molar refractivity (Wildman–Crippen MR) is 75.6 cm³/mol. The summed E-state index contributed by atoms with van der Waals surface area (Å²) in [6.07, 6.45) is 0.761. The van der Waals surface area contributed by atoms with Gasteiger partial charge < -0.3 is 4.74 Å². The molecule has 2 rings (SSSR count). The number of hydrogen-bond acceptors (Lipinski definition) is 3. The lowest BCUT2D eigenvalue weighted by atomic mass is 10.2. The van der Waals surface area contributed by atoms with Crippen LogP contribution in [0.25, 0.3) is 0 Å². The second-order valence-electron chi connectivity index (χ2n) is 4.74. The minimum atomic E-state index is -3.31. The Morgan fingerprint density at radius 2 is 2.16 bits per heavy atom. The Hall–Kier alpha value is -0.620. The molecule has 0 aliphatic carbocycles. The molecule has 0 bridgehead atoms. The molecule has 19 heavy (non-hydrogen) atoms. The quantitative estimate of drug-likeness (QED) is 0.781. The van der Waals surface area contributed by atoms with Crippen molar-refractivity contribution in [2.45, 2.75) is 24.1 Å². The number of nitrogens with zero attached hydrogens (tertiary/aromatic N) is 1. The van der Waals surface area contributed by atoms with E-state index >= 15 is 0 Å². The van der Waals surface area contributed by atoms with Gasteiger partial charge in [0.15, 0.2) is 0 Å². The average molecular weight is 304 g/mol. The van der Waals surface area contributed by atoms with Crippen LogP contribution < -0.4 is 0 Å². The van der Waals surface area contributed by atoms with E-state index < -0.39 is 10.0 Å². The van der Waals surface area contributed by atoms with E-state index in [0.717, 1.165) is 17.5 Å². The maximum atomic E-state index is 12.3. The van der Waals surface area contributed by atoms with Gasteiger partial charge in [-0.25, -0.2) is 8.42 Å². The molecule has 1 aromatic rings. The first-order valence-electron chi connectivity index (χ1n) is 6.20. The van der Waals surface area contributed by atoms with E-state index in [4.69, 9.17) is 16.3 Å². The number of hydrogen-bond donors (Lipinski definition) is 0. The summed E-state index contributed by atoms with van der Waals surface area (Å²) in [4.78, 5) is 0. The summed E-state index contributed by atoms with van der Waals surface area (Å²) < 4.78 is 31.3. The number of sulfonamides is 1. The molecule has 1 heterocycles. The number of benzene rings is 1. The Morgan fingerprint density at radius 3 is 2.79 bits per heavy atom. The zero-order chi connectivity index (χ0) is 13.9. The van der Waals surface area contributed by atoms with Crippen molar-refractivity contribution in [3.63, 3.8) is 0 Å². The van der Waals surface area contributed by atoms with Gasteiger partial charge in [0, 0.05) is 19.5 Å². The van der Waals surface area contributed by atoms with Gasteiger partial charge in [0.1, 0.15) is 0 Å². The fourth-order valence-corrected chi connectivity index (χ4v) is 3.74. The first kappa shape index (κ1) is 14.8. The summed E-state index contributed by atoms with van der Waals surface area (Å²) in [6.45, 7) is 1.11. The van der Waals surface area contributed by atoms with Crippen molar-refractivity contribution in [2.24, 2.45) is 0 Å². The molecule has 106 valence electrons. The van der Waals surface area contributed by atoms with Gasteiger partial charge in [-0.1, -0.05) is 24.3 Å². The molecule has 0 saturated carbocycles. The largest absolute Gasteiger partial charge is 0.380 e. The summed E-state index contributed by atoms with van der Waals surface area (Å²) in [5.41, 5.74) is 1.70. The van der Waals surface area contributed by atoms with E-state index in [1.54, 1.807) is 7.05 Å². The lowest BCUT2D eigenvalue weighted by Gasteiger charge is -2.22. The Morgan fingerprint density at radius 1 is 1.42 bits per heavy atom. The SMILES string of the molecule is CN(C1CCOC1)S(=O)(=O)Cc1cccc(CCl)c1. The minimum absolute atomic E-state index is 0.00469. The zero-order valence-electron chi connectivity index (χ0n) is 10.9. The van der Waals surface area contributed by atoms with Gasteiger partial charge in [-0.05, 0) is 17.5 Å². The third kappa shape index (κ3) is 3.69. The van der Waals surface area contributed by atoms with E-state index in [0.29, 0.717) is 19.1 Å². The molecule has 0 spiro atoms. The van der Waals surface area contributed by atoms with Crippen LogP contribution in [0.4, 0.5) is 0 Å². The van der Waals surface area contributed by atoms with Crippen LogP contribution in [0.15, 0.2) is 24.3 Å². The van der Waals surface area contributed by atoms with Crippen molar-refractivity contribution >= 4 is 21.6 Å². The highest BCUT2D eigenvalue weighted by Gasteiger charge is 2.29. The van der Waals surface area contributed by atoms with Crippen molar-refractivity contribution in [2.75, 3.05) is 20.3 Å². The third-order valence-electron chi connectivity index (χ3n) is 3.35. The lowest BCUT2D eigenvalue weighted by molar-refractivity contribution is 0.181. The molecule has 0 radical (unpaired) electrons. The van der Waals surface area contributed by atoms with Crippen molar-refractivity contribution in [3.05, 3.63) is 35.4 Å². The number of alkyl halides is 1. The molecule has 0 amide bonds. The third-order valence-corrected chi connectivity index (χ3v) is 5.54. The molecule has 4 nitrogen and oxygen atoms in total. The molecule has 1 saturated heterocycles. The van der Waals surface area contributed by atoms with Crippen LogP contribution in [0.3, 0.4) is 0 Å². The van der Waals surface area contributed by atoms with E-state index in [9.17, 15) is 8.42 Å². The standard InChI is InChI=1S/C13H18ClNO3S/c1-15(13-5-6-18-9-13)19(16,17)10-12-4-2-3-11(7-12)8-14/h2-4,7,13H,5-6,8-10H2,1H3. The summed E-state index contributed by atoms with van der Waals surface area (Å²) >= 11 is 5.76. The smallest absolute Gasteiger partial charge is 0.218 e. The summed E-state index contributed by atoms with van der Waals surface area (Å²) in [5.74, 6) is 0.394. The number of rotatable bonds is 5. The molecule has 1 aliphatic heterocycles. The topological polar surface area (TPSA) is 46.6 Å². The molecule has 1 atom stereocenters. The highest BCUT2D eigenvalue weighted by atomic mass is 35.5. The summed E-state index contributed by atoms with van der Waals surface area (Å²) in [5, 5.41) is 0. The number of halogens is 1. The van der Waals surface area contributed by atoms with Gasteiger partial charge in [0.05, 0.1) is 18.4 Å². The van der Waals surface area contributed by atoms with E-state index in [-0.39, 0.29) is 11.8 Å². The molecule has 1 aromatic carbocycles. The van der Waals surface area contributed by atoms with Crippen LogP contribution in [-0.2, 0) is 26.4 Å². The zero-order valence-corrected chi connectivity index (χ0v) is 12.5. The molecule has 1 aliphatic rings. The summed E-state index contributed by atoms with van der Waals surface area (Å²) in [7, 11) is -1.69. The maximum Gasteiger partial charge on any atom is 0.218 e. The Bertz CT molecular complexity index is 526. The van der Waals surface area contributed by atoms with Gasteiger partial charge in [-0.3, -0.25) is 0 Å². The van der Waals surface area contributed by atoms with E-state index in [1.807, 2.05) is 24.3 Å². The van der Waals surface area contributed by atoms with Crippen molar-refractivity contribution in [3.8, 4) is 0 Å². The molecule has 0 N–H and O–H groups in total. The maximum absolute atomic E-state index is 12.3. The van der Waals surface area contributed by atoms with Crippen LogP contribution in [0, 0.1) is 0 Å². The van der Waals surface area contributed by atoms with Gasteiger partial charge in [0.25, 0.3) is 0 Å². The highest BCUT2D eigenvalue weighted by molar-refractivity contribution is 7.88. The number of likely N-dealkylation sites (N-methyl/N-ethyl adjacent to an activating group) is 1. The minimum Gasteiger partial charge on any atom is -0.380 e. The summed E-state index contributed by atoms with van der Waals surface area (Å²) in [6, 6.07) is 7.33. The molecule has 1 unspecified atom stereocenters. The highest BCUT2D eigenvalue weighted by Crippen LogP contribution is 2.18. The second-order valence-corrected chi connectivity index (χ2v) is 7.04. The Balaban J connectivity index is 2.11. The van der Waals surface area contributed by atoms with Crippen molar-refractivity contribution in [1.29, 1.82) is 0 Å². The van der Waals surface area contributed by atoms with Crippen LogP contribution in [0.2, 0.25) is 0 Å². The Labute approximate surface area is 119 Å². The van der Waals surface area contributed by atoms with Crippen LogP contribution >= 0.6 is 11.6 Å². The molecule has 0 aromatic heterocycles. The predicted octanol–water partition coefficient (Wildman–Crippen LogP) is 1.98. The normalized spacial score (nSPS) is 20.1. The fourth-order valence-electron chi connectivity index (χ4n) is 2.15. The van der Waals surface area contributed by atoms with Gasteiger partial charge in [-0.15, -0.1) is 11.6 Å². The Kier molecular flexibility index (Phi) is 4.84. The van der Waals surface area contributed by atoms with Crippen molar-refractivity contribution < 1.29 is 13.2 Å². The molecule has 1 fully saturated rings.